The molecule has 0 saturated heterocycles. The van der Waals surface area contributed by atoms with Gasteiger partial charge in [0, 0.05) is 31.3 Å². The number of pyridine rings is 1. The second-order valence-corrected chi connectivity index (χ2v) is 4.21. The van der Waals surface area contributed by atoms with Crippen molar-refractivity contribution < 1.29 is 19.9 Å². The number of hydrogen-bond donors (Lipinski definition) is 4. The lowest BCUT2D eigenvalue weighted by molar-refractivity contribution is -0.384. The van der Waals surface area contributed by atoms with Crippen LogP contribution >= 0.6 is 0 Å². The molecule has 2 atom stereocenters. The van der Waals surface area contributed by atoms with Crippen molar-refractivity contribution in [3.05, 3.63) is 27.9 Å². The fourth-order valence-electron chi connectivity index (χ4n) is 1.56. The number of aliphatic hydroxyl groups is 2. The number of nitrogens with one attached hydrogen (secondary N) is 1. The van der Waals surface area contributed by atoms with E-state index in [1.54, 1.807) is 0 Å². The van der Waals surface area contributed by atoms with E-state index in [9.17, 15) is 25.1 Å². The van der Waals surface area contributed by atoms with Crippen LogP contribution in [0.4, 0.5) is 11.5 Å². The van der Waals surface area contributed by atoms with E-state index in [0.717, 1.165) is 12.3 Å². The molecule has 1 rings (SSSR count). The molecular formula is C11H16N4O5. The molecular weight excluding hydrogens is 268 g/mol. The number of hydrogen-bond acceptors (Lipinski definition) is 7. The molecule has 0 aliphatic heterocycles. The van der Waals surface area contributed by atoms with Gasteiger partial charge in [0.25, 0.3) is 0 Å². The van der Waals surface area contributed by atoms with E-state index in [1.807, 2.05) is 0 Å². The number of aliphatic hydroxyl groups excluding tert-OH is 2. The summed E-state index contributed by atoms with van der Waals surface area (Å²) < 4.78 is 0. The molecule has 2 unspecified atom stereocenters. The molecule has 9 nitrogen and oxygen atoms in total. The Morgan fingerprint density at radius 3 is 2.80 bits per heavy atom. The minimum absolute atomic E-state index is 0.0845. The molecule has 1 heterocycles. The minimum Gasteiger partial charge on any atom is -0.390 e. The molecule has 0 aliphatic rings. The third kappa shape index (κ3) is 4.14. The molecule has 0 aliphatic carbocycles. The Hall–Kier alpha value is -2.26. The van der Waals surface area contributed by atoms with Gasteiger partial charge in [0.05, 0.1) is 11.0 Å². The zero-order valence-electron chi connectivity index (χ0n) is 10.8. The number of rotatable bonds is 6. The molecule has 0 fully saturated rings. The number of carbonyl (C=O) groups excluding carboxylic acids is 1. The number of amides is 1. The molecule has 1 aromatic heterocycles. The predicted octanol–water partition coefficient (Wildman–Crippen LogP) is -0.508. The summed E-state index contributed by atoms with van der Waals surface area (Å²) in [5, 5.41) is 32.8. The summed E-state index contributed by atoms with van der Waals surface area (Å²) in [5.74, 6) is -0.518. The molecule has 0 aromatic carbocycles. The second-order valence-electron chi connectivity index (χ2n) is 4.21. The highest BCUT2D eigenvalue weighted by atomic mass is 16.6. The van der Waals surface area contributed by atoms with Crippen molar-refractivity contribution in [3.8, 4) is 0 Å². The lowest BCUT2D eigenvalue weighted by Gasteiger charge is -2.17. The molecule has 9 heteroatoms. The van der Waals surface area contributed by atoms with Crippen LogP contribution in [0.1, 0.15) is 25.0 Å². The lowest BCUT2D eigenvalue weighted by atomic mass is 10.0. The predicted molar refractivity (Wildman–Crippen MR) is 69.6 cm³/mol. The molecule has 110 valence electrons. The number of carbonyl (C=O) groups is 1. The zero-order chi connectivity index (χ0) is 15.3. The van der Waals surface area contributed by atoms with Crippen LogP contribution in [0.2, 0.25) is 0 Å². The van der Waals surface area contributed by atoms with Crippen molar-refractivity contribution in [1.29, 1.82) is 0 Å². The maximum atomic E-state index is 10.7. The van der Waals surface area contributed by atoms with Crippen molar-refractivity contribution in [1.82, 2.24) is 10.3 Å². The van der Waals surface area contributed by atoms with Crippen molar-refractivity contribution in [2.45, 2.75) is 25.6 Å². The summed E-state index contributed by atoms with van der Waals surface area (Å²) in [6.07, 6.45) is -1.28. The quantitative estimate of drug-likeness (QED) is 0.405. The van der Waals surface area contributed by atoms with Crippen LogP contribution in [0.25, 0.3) is 0 Å². The molecule has 0 radical (unpaired) electrons. The lowest BCUT2D eigenvalue weighted by Crippen LogP contribution is -2.27. The van der Waals surface area contributed by atoms with E-state index >= 15 is 0 Å². The van der Waals surface area contributed by atoms with E-state index in [1.165, 1.54) is 6.92 Å². The van der Waals surface area contributed by atoms with Gasteiger partial charge in [-0.05, 0) is 6.42 Å². The van der Waals surface area contributed by atoms with Gasteiger partial charge in [0.15, 0.2) is 0 Å². The Labute approximate surface area is 114 Å². The van der Waals surface area contributed by atoms with Gasteiger partial charge < -0.3 is 21.3 Å². The Balaban J connectivity index is 2.76. The smallest absolute Gasteiger partial charge is 0.311 e. The first-order valence-electron chi connectivity index (χ1n) is 5.83. The molecule has 0 bridgehead atoms. The van der Waals surface area contributed by atoms with Crippen LogP contribution in [0, 0.1) is 10.1 Å². The summed E-state index contributed by atoms with van der Waals surface area (Å²) in [4.78, 5) is 24.3. The van der Waals surface area contributed by atoms with Gasteiger partial charge in [-0.25, -0.2) is 4.98 Å². The van der Waals surface area contributed by atoms with Gasteiger partial charge in [0.1, 0.15) is 6.10 Å². The average molecular weight is 284 g/mol. The van der Waals surface area contributed by atoms with Gasteiger partial charge >= 0.3 is 5.69 Å². The van der Waals surface area contributed by atoms with Gasteiger partial charge in [-0.15, -0.1) is 0 Å². The van der Waals surface area contributed by atoms with E-state index < -0.39 is 22.8 Å². The number of aromatic nitrogens is 1. The van der Waals surface area contributed by atoms with Crippen LogP contribution in [-0.2, 0) is 4.79 Å². The third-order valence-corrected chi connectivity index (χ3v) is 2.64. The summed E-state index contributed by atoms with van der Waals surface area (Å²) in [6, 6.07) is 1.06. The van der Waals surface area contributed by atoms with Gasteiger partial charge in [-0.1, -0.05) is 0 Å². The normalized spacial score (nSPS) is 13.6. The number of nitrogens with two attached hydrogens (primary N) is 1. The van der Waals surface area contributed by atoms with Crippen molar-refractivity contribution in [2.24, 2.45) is 0 Å². The maximum absolute atomic E-state index is 10.7. The third-order valence-electron chi connectivity index (χ3n) is 2.64. The Morgan fingerprint density at radius 1 is 1.60 bits per heavy atom. The molecule has 20 heavy (non-hydrogen) atoms. The van der Waals surface area contributed by atoms with Crippen LogP contribution in [-0.4, -0.2) is 38.7 Å². The highest BCUT2D eigenvalue weighted by Crippen LogP contribution is 2.25. The Kier molecular flexibility index (Phi) is 5.35. The molecule has 0 spiro atoms. The maximum Gasteiger partial charge on any atom is 0.311 e. The zero-order valence-corrected chi connectivity index (χ0v) is 10.8. The molecule has 1 amide bonds. The largest absolute Gasteiger partial charge is 0.390 e. The van der Waals surface area contributed by atoms with E-state index in [0.29, 0.717) is 0 Å². The molecule has 1 aromatic rings. The summed E-state index contributed by atoms with van der Waals surface area (Å²) in [7, 11) is 0. The number of nitrogen functional groups attached to an aromatic ring is 1. The topological polar surface area (TPSA) is 152 Å². The molecule has 5 N–H and O–H groups in total. The Morgan fingerprint density at radius 2 is 2.25 bits per heavy atom. The van der Waals surface area contributed by atoms with Crippen LogP contribution in [0.3, 0.4) is 0 Å². The van der Waals surface area contributed by atoms with Crippen molar-refractivity contribution in [3.63, 3.8) is 0 Å². The van der Waals surface area contributed by atoms with Gasteiger partial charge in [-0.3, -0.25) is 14.9 Å². The van der Waals surface area contributed by atoms with E-state index in [4.69, 9.17) is 5.73 Å². The first kappa shape index (κ1) is 15.8. The number of nitro groups is 1. The van der Waals surface area contributed by atoms with E-state index in [-0.39, 0.29) is 30.3 Å². The average Bonchev–Trinajstić information content (AvgIpc) is 2.37. The van der Waals surface area contributed by atoms with Crippen LogP contribution in [0.5, 0.6) is 0 Å². The van der Waals surface area contributed by atoms with E-state index in [2.05, 4.69) is 10.3 Å². The summed E-state index contributed by atoms with van der Waals surface area (Å²) in [5.41, 5.74) is 4.99. The fourth-order valence-corrected chi connectivity index (χ4v) is 1.56. The fraction of sp³-hybridized carbons (Fsp3) is 0.455. The summed E-state index contributed by atoms with van der Waals surface area (Å²) in [6.45, 7) is 1.51. The Bertz CT molecular complexity index is 508. The minimum atomic E-state index is -1.35. The van der Waals surface area contributed by atoms with Crippen molar-refractivity contribution in [2.75, 3.05) is 12.3 Å². The number of anilines is 1. The summed E-state index contributed by atoms with van der Waals surface area (Å²) >= 11 is 0. The SMILES string of the molecule is CC(=O)NCCC(O)C(O)c1cnc(N)c([N+](=O)[O-])c1. The standard InChI is InChI=1S/C11H16N4O5/c1-6(16)13-3-2-9(17)10(18)7-4-8(15(19)20)11(12)14-5-7/h4-5,9-10,17-18H,2-3H2,1H3,(H2,12,14)(H,13,16). The highest BCUT2D eigenvalue weighted by molar-refractivity contribution is 5.72. The van der Waals surface area contributed by atoms with Gasteiger partial charge in [-0.2, -0.15) is 0 Å². The van der Waals surface area contributed by atoms with Crippen LogP contribution in [0.15, 0.2) is 12.3 Å². The highest BCUT2D eigenvalue weighted by Gasteiger charge is 2.22. The molecule has 0 saturated carbocycles. The van der Waals surface area contributed by atoms with Crippen LogP contribution < -0.4 is 11.1 Å². The first-order chi connectivity index (χ1) is 9.32. The monoisotopic (exact) mass is 284 g/mol. The van der Waals surface area contributed by atoms with Crippen molar-refractivity contribution >= 4 is 17.4 Å². The first-order valence-corrected chi connectivity index (χ1v) is 5.83. The second kappa shape index (κ2) is 6.78. The van der Waals surface area contributed by atoms with Gasteiger partial charge in [0.2, 0.25) is 11.7 Å². The number of nitrogens with zero attached hydrogens (tertiary/aromatic N) is 2.